The number of H-pyrrole nitrogens is 1. The molecule has 1 unspecified atom stereocenters. The van der Waals surface area contributed by atoms with Crippen LogP contribution in [0.15, 0.2) is 18.2 Å². The van der Waals surface area contributed by atoms with Crippen LogP contribution in [0.5, 0.6) is 0 Å². The second-order valence-corrected chi connectivity index (χ2v) is 4.41. The Kier molecular flexibility index (Phi) is 3.40. The quantitative estimate of drug-likeness (QED) is 0.802. The van der Waals surface area contributed by atoms with Crippen molar-refractivity contribution in [2.24, 2.45) is 0 Å². The minimum Gasteiger partial charge on any atom is -0.368 e. The summed E-state index contributed by atoms with van der Waals surface area (Å²) in [6, 6.07) is 5.47. The topological polar surface area (TPSA) is 79.6 Å². The predicted molar refractivity (Wildman–Crippen MR) is 69.3 cm³/mol. The molecule has 0 radical (unpaired) electrons. The zero-order valence-electron chi connectivity index (χ0n) is 9.04. The maximum Gasteiger partial charge on any atom is 0.223 e. The number of nitrogen functional groups attached to an aromatic ring is 1. The van der Waals surface area contributed by atoms with Crippen LogP contribution in [-0.2, 0) is 0 Å². The number of hydrogen-bond acceptors (Lipinski definition) is 4. The van der Waals surface area contributed by atoms with E-state index in [0.29, 0.717) is 16.0 Å². The number of aromatic amines is 1. The van der Waals surface area contributed by atoms with Gasteiger partial charge in [-0.1, -0.05) is 29.3 Å². The van der Waals surface area contributed by atoms with Crippen molar-refractivity contribution >= 4 is 35.1 Å². The Hall–Kier alpha value is -1.46. The molecule has 1 atom stereocenters. The summed E-state index contributed by atoms with van der Waals surface area (Å²) in [5, 5.41) is 11.6. The van der Waals surface area contributed by atoms with Gasteiger partial charge in [-0.15, -0.1) is 10.2 Å². The maximum atomic E-state index is 5.95. The van der Waals surface area contributed by atoms with Crippen molar-refractivity contribution in [1.29, 1.82) is 0 Å². The molecule has 1 heterocycles. The van der Waals surface area contributed by atoms with Crippen LogP contribution in [0, 0.1) is 0 Å². The van der Waals surface area contributed by atoms with Crippen molar-refractivity contribution in [3.8, 4) is 0 Å². The summed E-state index contributed by atoms with van der Waals surface area (Å²) in [5.74, 6) is 0.787. The van der Waals surface area contributed by atoms with Gasteiger partial charge in [0.15, 0.2) is 0 Å². The van der Waals surface area contributed by atoms with E-state index in [2.05, 4.69) is 20.5 Å². The van der Waals surface area contributed by atoms with E-state index >= 15 is 0 Å². The van der Waals surface area contributed by atoms with Crippen molar-refractivity contribution in [3.05, 3.63) is 33.8 Å². The average Bonchev–Trinajstić information content (AvgIpc) is 2.68. The number of halogens is 2. The second kappa shape index (κ2) is 4.81. The third-order valence-corrected chi connectivity index (χ3v) is 3.04. The van der Waals surface area contributed by atoms with Gasteiger partial charge < -0.3 is 11.1 Å². The fourth-order valence-corrected chi connectivity index (χ4v) is 1.72. The highest BCUT2D eigenvalue weighted by Gasteiger charge is 2.09. The van der Waals surface area contributed by atoms with Gasteiger partial charge in [-0.2, -0.15) is 0 Å². The zero-order chi connectivity index (χ0) is 12.4. The molecule has 1 aromatic heterocycles. The van der Waals surface area contributed by atoms with Crippen molar-refractivity contribution < 1.29 is 0 Å². The number of nitrogens with zero attached hydrogens (tertiary/aromatic N) is 2. The van der Waals surface area contributed by atoms with E-state index in [-0.39, 0.29) is 12.0 Å². The molecule has 0 aliphatic carbocycles. The maximum absolute atomic E-state index is 5.95. The normalized spacial score (nSPS) is 12.4. The minimum atomic E-state index is 0.0112. The summed E-state index contributed by atoms with van der Waals surface area (Å²) in [7, 11) is 0. The molecule has 0 spiro atoms. The lowest BCUT2D eigenvalue weighted by molar-refractivity contribution is 0.862. The SMILES string of the molecule is CC(Nc1nnc(N)[nH]1)c1ccc(Cl)c(Cl)c1. The number of hydrogen-bond donors (Lipinski definition) is 3. The molecule has 0 aliphatic rings. The molecule has 2 aromatic rings. The molecule has 4 N–H and O–H groups in total. The highest BCUT2D eigenvalue weighted by atomic mass is 35.5. The summed E-state index contributed by atoms with van der Waals surface area (Å²) >= 11 is 11.8. The highest BCUT2D eigenvalue weighted by molar-refractivity contribution is 6.42. The lowest BCUT2D eigenvalue weighted by Gasteiger charge is -2.13. The Morgan fingerprint density at radius 1 is 1.29 bits per heavy atom. The molecular weight excluding hydrogens is 261 g/mol. The first kappa shape index (κ1) is 12.0. The molecule has 90 valence electrons. The first-order chi connectivity index (χ1) is 8.06. The highest BCUT2D eigenvalue weighted by Crippen LogP contribution is 2.26. The van der Waals surface area contributed by atoms with Crippen LogP contribution in [0.1, 0.15) is 18.5 Å². The molecular formula is C10H11Cl2N5. The number of anilines is 2. The molecule has 0 fully saturated rings. The molecule has 2 rings (SSSR count). The zero-order valence-corrected chi connectivity index (χ0v) is 10.5. The van der Waals surface area contributed by atoms with E-state index in [0.717, 1.165) is 5.56 Å². The standard InChI is InChI=1S/C10H11Cl2N5/c1-5(14-10-15-9(13)16-17-10)6-2-3-7(11)8(12)4-6/h2-5H,1H3,(H4,13,14,15,16,17). The van der Waals surface area contributed by atoms with Crippen LogP contribution in [0.25, 0.3) is 0 Å². The van der Waals surface area contributed by atoms with Gasteiger partial charge in [-0.05, 0) is 24.6 Å². The van der Waals surface area contributed by atoms with Crippen LogP contribution >= 0.6 is 23.2 Å². The Morgan fingerprint density at radius 2 is 2.06 bits per heavy atom. The largest absolute Gasteiger partial charge is 0.368 e. The van der Waals surface area contributed by atoms with Crippen molar-refractivity contribution in [2.45, 2.75) is 13.0 Å². The number of rotatable bonds is 3. The van der Waals surface area contributed by atoms with Gasteiger partial charge in [0.1, 0.15) is 0 Å². The lowest BCUT2D eigenvalue weighted by Crippen LogP contribution is -2.07. The fourth-order valence-electron chi connectivity index (χ4n) is 1.41. The summed E-state index contributed by atoms with van der Waals surface area (Å²) in [5.41, 5.74) is 6.42. The average molecular weight is 272 g/mol. The van der Waals surface area contributed by atoms with Gasteiger partial charge in [0, 0.05) is 0 Å². The van der Waals surface area contributed by atoms with Crippen LogP contribution in [-0.4, -0.2) is 15.2 Å². The summed E-state index contributed by atoms with van der Waals surface area (Å²) in [6.45, 7) is 1.97. The first-order valence-corrected chi connectivity index (χ1v) is 5.71. The van der Waals surface area contributed by atoms with E-state index < -0.39 is 0 Å². The summed E-state index contributed by atoms with van der Waals surface area (Å²) in [6.07, 6.45) is 0. The fraction of sp³-hybridized carbons (Fsp3) is 0.200. The van der Waals surface area contributed by atoms with Crippen LogP contribution < -0.4 is 11.1 Å². The Bertz CT molecular complexity index is 525. The monoisotopic (exact) mass is 271 g/mol. The molecule has 17 heavy (non-hydrogen) atoms. The minimum absolute atomic E-state index is 0.0112. The van der Waals surface area contributed by atoms with Crippen molar-refractivity contribution in [1.82, 2.24) is 15.2 Å². The molecule has 0 amide bonds. The van der Waals surface area contributed by atoms with Crippen LogP contribution in [0.4, 0.5) is 11.9 Å². The molecule has 5 nitrogen and oxygen atoms in total. The van der Waals surface area contributed by atoms with Crippen LogP contribution in [0.2, 0.25) is 10.0 Å². The number of benzene rings is 1. The smallest absolute Gasteiger partial charge is 0.223 e. The molecule has 1 aromatic carbocycles. The van der Waals surface area contributed by atoms with Crippen LogP contribution in [0.3, 0.4) is 0 Å². The third-order valence-electron chi connectivity index (χ3n) is 2.30. The molecule has 0 aliphatic heterocycles. The van der Waals surface area contributed by atoms with Gasteiger partial charge in [-0.25, -0.2) is 0 Å². The lowest BCUT2D eigenvalue weighted by atomic mass is 10.1. The van der Waals surface area contributed by atoms with E-state index in [9.17, 15) is 0 Å². The number of aromatic nitrogens is 3. The van der Waals surface area contributed by atoms with Gasteiger partial charge in [0.2, 0.25) is 11.9 Å². The van der Waals surface area contributed by atoms with E-state index in [1.54, 1.807) is 12.1 Å². The Balaban J connectivity index is 2.14. The Labute approximate surface area is 108 Å². The molecule has 0 saturated carbocycles. The number of nitrogens with one attached hydrogen (secondary N) is 2. The third kappa shape index (κ3) is 2.81. The van der Waals surface area contributed by atoms with Crippen molar-refractivity contribution in [3.63, 3.8) is 0 Å². The molecule has 0 saturated heterocycles. The summed E-state index contributed by atoms with van der Waals surface area (Å²) in [4.78, 5) is 2.79. The predicted octanol–water partition coefficient (Wildman–Crippen LogP) is 2.87. The van der Waals surface area contributed by atoms with E-state index in [1.807, 2.05) is 13.0 Å². The number of nitrogens with two attached hydrogens (primary N) is 1. The van der Waals surface area contributed by atoms with Gasteiger partial charge in [0.05, 0.1) is 16.1 Å². The van der Waals surface area contributed by atoms with Crippen molar-refractivity contribution in [2.75, 3.05) is 11.1 Å². The van der Waals surface area contributed by atoms with Gasteiger partial charge in [0.25, 0.3) is 0 Å². The van der Waals surface area contributed by atoms with E-state index in [1.165, 1.54) is 0 Å². The summed E-state index contributed by atoms with van der Waals surface area (Å²) < 4.78 is 0. The van der Waals surface area contributed by atoms with Gasteiger partial charge in [-0.3, -0.25) is 4.98 Å². The first-order valence-electron chi connectivity index (χ1n) is 4.96. The second-order valence-electron chi connectivity index (χ2n) is 3.60. The van der Waals surface area contributed by atoms with E-state index in [4.69, 9.17) is 28.9 Å². The molecule has 0 bridgehead atoms. The Morgan fingerprint density at radius 3 is 2.65 bits per heavy atom. The molecule has 7 heteroatoms. The van der Waals surface area contributed by atoms with Gasteiger partial charge >= 0.3 is 0 Å².